The van der Waals surface area contributed by atoms with Crippen LogP contribution in [0.2, 0.25) is 0 Å². The van der Waals surface area contributed by atoms with Crippen LogP contribution in [-0.4, -0.2) is 36.8 Å². The van der Waals surface area contributed by atoms with Crippen molar-refractivity contribution in [2.24, 2.45) is 5.92 Å². The second kappa shape index (κ2) is 7.57. The molecule has 20 heavy (non-hydrogen) atoms. The molecule has 1 aromatic carbocycles. The molecule has 3 atom stereocenters. The maximum Gasteiger partial charge on any atom is 0.227 e. The summed E-state index contributed by atoms with van der Waals surface area (Å²) < 4.78 is 13.6. The lowest BCUT2D eigenvalue weighted by atomic mass is 9.99. The Hall–Kier alpha value is -1.17. The van der Waals surface area contributed by atoms with Gasteiger partial charge in [-0.15, -0.1) is 12.4 Å². The predicted molar refractivity (Wildman–Crippen MR) is 77.4 cm³/mol. The summed E-state index contributed by atoms with van der Waals surface area (Å²) in [4.78, 5) is 12.0. The van der Waals surface area contributed by atoms with Gasteiger partial charge in [-0.1, -0.05) is 18.2 Å². The molecule has 0 aliphatic carbocycles. The molecule has 0 spiro atoms. The number of carbonyl (C=O) groups is 1. The van der Waals surface area contributed by atoms with Gasteiger partial charge in [0.15, 0.2) is 0 Å². The van der Waals surface area contributed by atoms with Crippen LogP contribution in [0.25, 0.3) is 0 Å². The monoisotopic (exact) mass is 302 g/mol. The van der Waals surface area contributed by atoms with Crippen LogP contribution in [0.4, 0.5) is 4.39 Å². The van der Waals surface area contributed by atoms with Gasteiger partial charge >= 0.3 is 0 Å². The standard InChI is InChI=1S/C14H19FN2O2.ClH/c1-9(11-4-2-3-5-12(11)15)14(19)17-7-10-6-16-8-13(10)18;/h2-5,9-10,13,16,18H,6-8H2,1H3,(H,17,19);1H. The van der Waals surface area contributed by atoms with E-state index in [-0.39, 0.29) is 30.0 Å². The number of rotatable bonds is 4. The highest BCUT2D eigenvalue weighted by Gasteiger charge is 2.26. The van der Waals surface area contributed by atoms with Crippen LogP contribution in [-0.2, 0) is 4.79 Å². The minimum atomic E-state index is -0.535. The molecule has 1 amide bonds. The first-order valence-corrected chi connectivity index (χ1v) is 6.50. The normalized spacial score (nSPS) is 22.9. The molecule has 0 radical (unpaired) electrons. The van der Waals surface area contributed by atoms with Crippen molar-refractivity contribution < 1.29 is 14.3 Å². The van der Waals surface area contributed by atoms with Gasteiger partial charge < -0.3 is 15.7 Å². The fourth-order valence-electron chi connectivity index (χ4n) is 2.28. The maximum atomic E-state index is 13.6. The summed E-state index contributed by atoms with van der Waals surface area (Å²) in [6.07, 6.45) is -0.427. The molecule has 0 aromatic heterocycles. The van der Waals surface area contributed by atoms with Crippen LogP contribution in [0.5, 0.6) is 0 Å². The van der Waals surface area contributed by atoms with E-state index < -0.39 is 12.0 Å². The summed E-state index contributed by atoms with van der Waals surface area (Å²) in [6, 6.07) is 6.28. The highest BCUT2D eigenvalue weighted by Crippen LogP contribution is 2.19. The van der Waals surface area contributed by atoms with Gasteiger partial charge in [-0.05, 0) is 18.6 Å². The third-order valence-corrected chi connectivity index (χ3v) is 3.61. The van der Waals surface area contributed by atoms with Gasteiger partial charge in [0.2, 0.25) is 5.91 Å². The number of halogens is 2. The minimum absolute atomic E-state index is 0. The zero-order valence-electron chi connectivity index (χ0n) is 11.3. The van der Waals surface area contributed by atoms with Crippen LogP contribution in [0.3, 0.4) is 0 Å². The Labute approximate surface area is 124 Å². The Balaban J connectivity index is 0.00000200. The van der Waals surface area contributed by atoms with Gasteiger partial charge in [-0.2, -0.15) is 0 Å². The molecule has 3 unspecified atom stereocenters. The summed E-state index contributed by atoms with van der Waals surface area (Å²) >= 11 is 0. The quantitative estimate of drug-likeness (QED) is 0.779. The summed E-state index contributed by atoms with van der Waals surface area (Å²) in [5.74, 6) is -1.10. The predicted octanol–water partition coefficient (Wildman–Crippen LogP) is 1.05. The molecule has 1 aliphatic heterocycles. The molecular formula is C14H20ClFN2O2. The highest BCUT2D eigenvalue weighted by molar-refractivity contribution is 5.85. The highest BCUT2D eigenvalue weighted by atomic mass is 35.5. The molecular weight excluding hydrogens is 283 g/mol. The van der Waals surface area contributed by atoms with E-state index in [4.69, 9.17) is 0 Å². The molecule has 2 rings (SSSR count). The number of aliphatic hydroxyl groups is 1. The van der Waals surface area contributed by atoms with Crippen molar-refractivity contribution in [2.45, 2.75) is 18.9 Å². The van der Waals surface area contributed by atoms with Crippen molar-refractivity contribution in [2.75, 3.05) is 19.6 Å². The van der Waals surface area contributed by atoms with Crippen LogP contribution < -0.4 is 10.6 Å². The first-order chi connectivity index (χ1) is 9.09. The first-order valence-electron chi connectivity index (χ1n) is 6.50. The summed E-state index contributed by atoms with van der Waals surface area (Å²) in [7, 11) is 0. The average Bonchev–Trinajstić information content (AvgIpc) is 2.81. The molecule has 6 heteroatoms. The van der Waals surface area contributed by atoms with Gasteiger partial charge in [-0.3, -0.25) is 4.79 Å². The van der Waals surface area contributed by atoms with Gasteiger partial charge in [0, 0.05) is 25.6 Å². The largest absolute Gasteiger partial charge is 0.391 e. The molecule has 112 valence electrons. The number of β-amino-alcohol motifs (C(OH)–C–C–N with tert-alkyl or cyclic N) is 1. The van der Waals surface area contributed by atoms with E-state index in [1.807, 2.05) is 0 Å². The van der Waals surface area contributed by atoms with Crippen molar-refractivity contribution in [3.8, 4) is 0 Å². The van der Waals surface area contributed by atoms with Crippen LogP contribution in [0.1, 0.15) is 18.4 Å². The van der Waals surface area contributed by atoms with Crippen molar-refractivity contribution in [1.29, 1.82) is 0 Å². The second-order valence-corrected chi connectivity index (χ2v) is 4.97. The molecule has 0 bridgehead atoms. The van der Waals surface area contributed by atoms with E-state index in [0.717, 1.165) is 0 Å². The number of hydrogen-bond donors (Lipinski definition) is 3. The molecule has 3 N–H and O–H groups in total. The molecule has 1 fully saturated rings. The van der Waals surface area contributed by atoms with Crippen LogP contribution in [0.15, 0.2) is 24.3 Å². The Bertz CT molecular complexity index is 459. The summed E-state index contributed by atoms with van der Waals surface area (Å²) in [5.41, 5.74) is 0.394. The van der Waals surface area contributed by atoms with Gasteiger partial charge in [0.05, 0.1) is 12.0 Å². The zero-order chi connectivity index (χ0) is 13.8. The Morgan fingerprint density at radius 2 is 2.20 bits per heavy atom. The molecule has 0 saturated carbocycles. The third kappa shape index (κ3) is 3.91. The van der Waals surface area contributed by atoms with Crippen LogP contribution in [0, 0.1) is 11.7 Å². The van der Waals surface area contributed by atoms with E-state index in [2.05, 4.69) is 10.6 Å². The molecule has 1 aromatic rings. The number of benzene rings is 1. The van der Waals surface area contributed by atoms with Crippen molar-refractivity contribution in [3.05, 3.63) is 35.6 Å². The lowest BCUT2D eigenvalue weighted by Crippen LogP contribution is -2.36. The van der Waals surface area contributed by atoms with Crippen molar-refractivity contribution >= 4 is 18.3 Å². The lowest BCUT2D eigenvalue weighted by Gasteiger charge is -2.17. The minimum Gasteiger partial charge on any atom is -0.391 e. The fourth-order valence-corrected chi connectivity index (χ4v) is 2.28. The van der Waals surface area contributed by atoms with Crippen LogP contribution >= 0.6 is 12.4 Å². The van der Waals surface area contributed by atoms with Crippen molar-refractivity contribution in [3.63, 3.8) is 0 Å². The maximum absolute atomic E-state index is 13.6. The molecule has 1 aliphatic rings. The lowest BCUT2D eigenvalue weighted by molar-refractivity contribution is -0.122. The number of hydrogen-bond acceptors (Lipinski definition) is 3. The topological polar surface area (TPSA) is 61.4 Å². The number of nitrogens with one attached hydrogen (secondary N) is 2. The zero-order valence-corrected chi connectivity index (χ0v) is 12.1. The molecule has 4 nitrogen and oxygen atoms in total. The fraction of sp³-hybridized carbons (Fsp3) is 0.500. The van der Waals surface area contributed by atoms with Gasteiger partial charge in [-0.25, -0.2) is 4.39 Å². The van der Waals surface area contributed by atoms with Crippen molar-refractivity contribution in [1.82, 2.24) is 10.6 Å². The number of amides is 1. The number of carbonyl (C=O) groups excluding carboxylic acids is 1. The van der Waals surface area contributed by atoms with E-state index in [1.165, 1.54) is 6.07 Å². The SMILES string of the molecule is CC(C(=O)NCC1CNCC1O)c1ccccc1F.Cl. The summed E-state index contributed by atoms with van der Waals surface area (Å²) in [5, 5.41) is 15.5. The second-order valence-electron chi connectivity index (χ2n) is 4.97. The Morgan fingerprint density at radius 1 is 1.50 bits per heavy atom. The average molecular weight is 303 g/mol. The van der Waals surface area contributed by atoms with E-state index >= 15 is 0 Å². The number of aliphatic hydroxyl groups excluding tert-OH is 1. The molecule has 1 saturated heterocycles. The van der Waals surface area contributed by atoms with Gasteiger partial charge in [0.1, 0.15) is 5.82 Å². The molecule has 1 heterocycles. The smallest absolute Gasteiger partial charge is 0.227 e. The van der Waals surface area contributed by atoms with E-state index in [0.29, 0.717) is 25.2 Å². The first kappa shape index (κ1) is 16.9. The van der Waals surface area contributed by atoms with Gasteiger partial charge in [0.25, 0.3) is 0 Å². The third-order valence-electron chi connectivity index (χ3n) is 3.61. The van der Waals surface area contributed by atoms with E-state index in [9.17, 15) is 14.3 Å². The van der Waals surface area contributed by atoms with E-state index in [1.54, 1.807) is 25.1 Å². The summed E-state index contributed by atoms with van der Waals surface area (Å²) in [6.45, 7) is 3.34. The Morgan fingerprint density at radius 3 is 2.80 bits per heavy atom. The Kier molecular flexibility index (Phi) is 6.39.